The Balaban J connectivity index is 2.00. The molecule has 24 heavy (non-hydrogen) atoms. The maximum atomic E-state index is 12.2. The number of hydrogen-bond acceptors (Lipinski definition) is 3. The minimum absolute atomic E-state index is 0.0905. The second-order valence-electron chi connectivity index (χ2n) is 6.10. The van der Waals surface area contributed by atoms with E-state index in [9.17, 15) is 9.90 Å². The summed E-state index contributed by atoms with van der Waals surface area (Å²) < 4.78 is 0. The lowest BCUT2D eigenvalue weighted by Gasteiger charge is -2.04. The van der Waals surface area contributed by atoms with Gasteiger partial charge in [-0.3, -0.25) is 4.79 Å². The molecule has 0 aliphatic heterocycles. The van der Waals surface area contributed by atoms with Gasteiger partial charge >= 0.3 is 0 Å². The maximum absolute atomic E-state index is 12.2. The van der Waals surface area contributed by atoms with Crippen molar-refractivity contribution < 1.29 is 9.90 Å². The smallest absolute Gasteiger partial charge is 0.295 e. The van der Waals surface area contributed by atoms with E-state index in [0.717, 1.165) is 22.0 Å². The molecule has 0 aliphatic carbocycles. The zero-order chi connectivity index (χ0) is 17.3. The van der Waals surface area contributed by atoms with E-state index in [1.807, 2.05) is 37.3 Å². The lowest BCUT2D eigenvalue weighted by Crippen LogP contribution is -1.96. The molecule has 5 heteroatoms. The normalized spacial score (nSPS) is 11.7. The molecule has 0 unspecified atom stereocenters. The van der Waals surface area contributed by atoms with Crippen molar-refractivity contribution in [2.45, 2.75) is 26.7 Å². The van der Waals surface area contributed by atoms with E-state index in [4.69, 9.17) is 0 Å². The molecule has 5 nitrogen and oxygen atoms in total. The first-order valence-corrected chi connectivity index (χ1v) is 7.83. The highest BCUT2D eigenvalue weighted by Crippen LogP contribution is 2.37. The highest BCUT2D eigenvalue weighted by atomic mass is 16.3. The van der Waals surface area contributed by atoms with E-state index in [2.05, 4.69) is 29.1 Å². The Morgan fingerprint density at radius 1 is 1.17 bits per heavy atom. The summed E-state index contributed by atoms with van der Waals surface area (Å²) in [5.74, 6) is -0.168. The summed E-state index contributed by atoms with van der Waals surface area (Å²) in [5.41, 5.74) is 3.52. The average molecular weight is 321 g/mol. The molecule has 1 aromatic heterocycles. The van der Waals surface area contributed by atoms with Gasteiger partial charge in [-0.2, -0.15) is 0 Å². The van der Waals surface area contributed by atoms with Crippen LogP contribution in [0, 0.1) is 6.92 Å². The third-order valence-corrected chi connectivity index (χ3v) is 4.06. The summed E-state index contributed by atoms with van der Waals surface area (Å²) in [6.07, 6.45) is 0. The van der Waals surface area contributed by atoms with Crippen LogP contribution in [0.4, 0.5) is 5.69 Å². The van der Waals surface area contributed by atoms with Crippen molar-refractivity contribution in [3.63, 3.8) is 0 Å². The van der Waals surface area contributed by atoms with Gasteiger partial charge in [0.15, 0.2) is 5.69 Å². The summed E-state index contributed by atoms with van der Waals surface area (Å²) in [7, 11) is 0. The fourth-order valence-electron chi connectivity index (χ4n) is 2.60. The van der Waals surface area contributed by atoms with Crippen molar-refractivity contribution in [2.75, 3.05) is 0 Å². The van der Waals surface area contributed by atoms with Gasteiger partial charge in [0.1, 0.15) is 0 Å². The van der Waals surface area contributed by atoms with E-state index in [1.54, 1.807) is 12.1 Å². The molecule has 2 N–H and O–H groups in total. The summed E-state index contributed by atoms with van der Waals surface area (Å²) in [6, 6.07) is 13.1. The van der Waals surface area contributed by atoms with Crippen molar-refractivity contribution in [2.24, 2.45) is 10.2 Å². The molecule has 0 atom stereocenters. The predicted molar refractivity (Wildman–Crippen MR) is 94.1 cm³/mol. The Kier molecular flexibility index (Phi) is 4.16. The predicted octanol–water partition coefficient (Wildman–Crippen LogP) is 5.23. The van der Waals surface area contributed by atoms with Gasteiger partial charge < -0.3 is 10.1 Å². The number of aromatic nitrogens is 1. The molecule has 0 radical (unpaired) electrons. The van der Waals surface area contributed by atoms with Gasteiger partial charge in [0.2, 0.25) is 5.88 Å². The molecular formula is C19H19N3O2. The lowest BCUT2D eigenvalue weighted by atomic mass is 10.0. The number of rotatable bonds is 3. The molecule has 3 rings (SSSR count). The molecule has 0 saturated carbocycles. The number of hydrogen-bond donors (Lipinski definition) is 2. The first-order valence-electron chi connectivity index (χ1n) is 7.83. The quantitative estimate of drug-likeness (QED) is 0.648. The third kappa shape index (κ3) is 2.93. The Bertz CT molecular complexity index is 939. The van der Waals surface area contributed by atoms with Gasteiger partial charge in [0.25, 0.3) is 5.91 Å². The number of carbonyl (C=O) groups excluding carboxylic acids is 1. The monoisotopic (exact) mass is 321 g/mol. The SMILES string of the molecule is Cc1ccccc1C(=O)N=Nc1c(O)[nH]c2ccc(C(C)C)cc12. The standard InChI is InChI=1S/C19H19N3O2/c1-11(2)13-8-9-16-15(10-13)17(19(24)20-16)21-22-18(23)14-7-5-4-6-12(14)3/h4-11,20,24H,1-3H3. The molecule has 1 amide bonds. The minimum Gasteiger partial charge on any atom is -0.493 e. The van der Waals surface area contributed by atoms with E-state index in [1.165, 1.54) is 0 Å². The molecule has 0 aliphatic rings. The van der Waals surface area contributed by atoms with Crippen LogP contribution in [0.1, 0.15) is 41.3 Å². The number of H-pyrrole nitrogens is 1. The number of carbonyl (C=O) groups is 1. The second kappa shape index (κ2) is 6.28. The number of amides is 1. The fourth-order valence-corrected chi connectivity index (χ4v) is 2.60. The van der Waals surface area contributed by atoms with Crippen LogP contribution in [0.5, 0.6) is 5.88 Å². The summed E-state index contributed by atoms with van der Waals surface area (Å²) in [4.78, 5) is 15.1. The molecular weight excluding hydrogens is 302 g/mol. The molecule has 0 saturated heterocycles. The van der Waals surface area contributed by atoms with Crippen LogP contribution in [0.15, 0.2) is 52.7 Å². The minimum atomic E-state index is -0.429. The molecule has 0 spiro atoms. The number of aromatic amines is 1. The number of aromatic hydroxyl groups is 1. The van der Waals surface area contributed by atoms with Crippen LogP contribution in [-0.2, 0) is 0 Å². The Morgan fingerprint density at radius 3 is 2.62 bits per heavy atom. The maximum Gasteiger partial charge on any atom is 0.295 e. The van der Waals surface area contributed by atoms with Crippen LogP contribution in [0.3, 0.4) is 0 Å². The van der Waals surface area contributed by atoms with Gasteiger partial charge in [-0.05, 0) is 42.2 Å². The van der Waals surface area contributed by atoms with Crippen LogP contribution in [-0.4, -0.2) is 16.0 Å². The van der Waals surface area contributed by atoms with Gasteiger partial charge in [0.05, 0.1) is 5.52 Å². The number of benzene rings is 2. The van der Waals surface area contributed by atoms with Gasteiger partial charge in [0, 0.05) is 10.9 Å². The van der Waals surface area contributed by atoms with E-state index in [-0.39, 0.29) is 11.6 Å². The molecule has 3 aromatic rings. The number of nitrogens with zero attached hydrogens (tertiary/aromatic N) is 2. The summed E-state index contributed by atoms with van der Waals surface area (Å²) in [6.45, 7) is 6.04. The van der Waals surface area contributed by atoms with Gasteiger partial charge in [-0.15, -0.1) is 10.2 Å². The molecule has 1 heterocycles. The highest BCUT2D eigenvalue weighted by Gasteiger charge is 2.13. The number of azo groups is 1. The van der Waals surface area contributed by atoms with Crippen LogP contribution >= 0.6 is 0 Å². The largest absolute Gasteiger partial charge is 0.493 e. The molecule has 2 aromatic carbocycles. The Hall–Kier alpha value is -2.95. The summed E-state index contributed by atoms with van der Waals surface area (Å²) >= 11 is 0. The van der Waals surface area contributed by atoms with Crippen molar-refractivity contribution in [1.29, 1.82) is 0 Å². The third-order valence-electron chi connectivity index (χ3n) is 4.06. The van der Waals surface area contributed by atoms with Crippen molar-refractivity contribution >= 4 is 22.5 Å². The fraction of sp³-hybridized carbons (Fsp3) is 0.211. The van der Waals surface area contributed by atoms with Gasteiger partial charge in [-0.25, -0.2) is 0 Å². The zero-order valence-corrected chi connectivity index (χ0v) is 13.9. The van der Waals surface area contributed by atoms with Crippen molar-refractivity contribution in [3.05, 3.63) is 59.2 Å². The number of nitrogens with one attached hydrogen (secondary N) is 1. The molecule has 0 bridgehead atoms. The Labute approximate surface area is 140 Å². The number of fused-ring (bicyclic) bond motifs is 1. The van der Waals surface area contributed by atoms with Crippen molar-refractivity contribution in [3.8, 4) is 5.88 Å². The van der Waals surface area contributed by atoms with Crippen LogP contribution < -0.4 is 0 Å². The first kappa shape index (κ1) is 15.9. The van der Waals surface area contributed by atoms with Crippen molar-refractivity contribution in [1.82, 2.24) is 4.98 Å². The van der Waals surface area contributed by atoms with E-state index < -0.39 is 5.91 Å². The zero-order valence-electron chi connectivity index (χ0n) is 13.9. The van der Waals surface area contributed by atoms with E-state index >= 15 is 0 Å². The topological polar surface area (TPSA) is 77.8 Å². The second-order valence-corrected chi connectivity index (χ2v) is 6.10. The highest BCUT2D eigenvalue weighted by molar-refractivity contribution is 5.98. The summed E-state index contributed by atoms with van der Waals surface area (Å²) in [5, 5.41) is 18.6. The van der Waals surface area contributed by atoms with Gasteiger partial charge in [-0.1, -0.05) is 38.1 Å². The Morgan fingerprint density at radius 2 is 1.92 bits per heavy atom. The van der Waals surface area contributed by atoms with E-state index in [0.29, 0.717) is 11.5 Å². The lowest BCUT2D eigenvalue weighted by molar-refractivity contribution is 0.0994. The van der Waals surface area contributed by atoms with Crippen LogP contribution in [0.2, 0.25) is 0 Å². The number of aryl methyl sites for hydroxylation is 1. The molecule has 0 fully saturated rings. The van der Waals surface area contributed by atoms with Crippen LogP contribution in [0.25, 0.3) is 10.9 Å². The first-order chi connectivity index (χ1) is 11.5. The average Bonchev–Trinajstić information content (AvgIpc) is 2.87. The molecule has 122 valence electrons.